The molecular formula is C14H35N3O4Si. The predicted molar refractivity (Wildman–Crippen MR) is 90.1 cm³/mol. The molecule has 0 aromatic rings. The van der Waals surface area contributed by atoms with Gasteiger partial charge in [-0.05, 0) is 64.6 Å². The molecule has 0 radical (unpaired) electrons. The van der Waals surface area contributed by atoms with Crippen molar-refractivity contribution >= 4 is 9.05 Å². The maximum atomic E-state index is 6.34. The largest absolute Gasteiger partial charge is 0.679 e. The zero-order chi connectivity index (χ0) is 16.9. The Morgan fingerprint density at radius 1 is 0.682 bits per heavy atom. The molecule has 0 rings (SSSR count). The SMILES string of the molecule is CO[Si](OC)(OC)OC(CCCN)(CCCN)CCCCN. The Balaban J connectivity index is 5.17. The third-order valence-electron chi connectivity index (χ3n) is 3.85. The van der Waals surface area contributed by atoms with E-state index in [0.717, 1.165) is 44.9 Å². The van der Waals surface area contributed by atoms with Gasteiger partial charge in [-0.3, -0.25) is 0 Å². The second-order valence-electron chi connectivity index (χ2n) is 5.43. The molecule has 0 aromatic heterocycles. The molecule has 0 aromatic carbocycles. The first-order valence-corrected chi connectivity index (χ1v) is 9.66. The van der Waals surface area contributed by atoms with Gasteiger partial charge in [-0.25, -0.2) is 0 Å². The van der Waals surface area contributed by atoms with E-state index in [1.54, 1.807) is 21.3 Å². The molecule has 0 aliphatic rings. The Hall–Kier alpha value is -0.0631. The van der Waals surface area contributed by atoms with E-state index in [9.17, 15) is 0 Å². The van der Waals surface area contributed by atoms with E-state index in [2.05, 4.69) is 0 Å². The van der Waals surface area contributed by atoms with Crippen LogP contribution in [0.5, 0.6) is 0 Å². The number of unbranched alkanes of at least 4 members (excludes halogenated alkanes) is 1. The molecule has 0 amide bonds. The van der Waals surface area contributed by atoms with E-state index in [4.69, 9.17) is 34.9 Å². The van der Waals surface area contributed by atoms with Gasteiger partial charge in [0.2, 0.25) is 0 Å². The van der Waals surface area contributed by atoms with E-state index < -0.39 is 9.05 Å². The third-order valence-corrected chi connectivity index (χ3v) is 6.03. The standard InChI is InChI=1S/C14H35N3O4Si/c1-18-22(19-2,20-3)21-14(9-6-12-16,10-7-13-17)8-4-5-11-15/h4-13,15-17H2,1-3H3. The van der Waals surface area contributed by atoms with Crippen molar-refractivity contribution in [3.05, 3.63) is 0 Å². The maximum absolute atomic E-state index is 6.34. The minimum absolute atomic E-state index is 0.387. The van der Waals surface area contributed by atoms with Crippen molar-refractivity contribution < 1.29 is 17.7 Å². The number of hydrogen-bond donors (Lipinski definition) is 3. The molecule has 0 aliphatic heterocycles. The molecule has 6 N–H and O–H groups in total. The normalized spacial score (nSPS) is 12.8. The Morgan fingerprint density at radius 2 is 1.09 bits per heavy atom. The lowest BCUT2D eigenvalue weighted by molar-refractivity contribution is -0.0842. The third kappa shape index (κ3) is 7.47. The molecule has 0 atom stereocenters. The fourth-order valence-corrected chi connectivity index (χ4v) is 4.19. The summed E-state index contributed by atoms with van der Waals surface area (Å²) in [6, 6.07) is 0. The highest BCUT2D eigenvalue weighted by molar-refractivity contribution is 6.53. The van der Waals surface area contributed by atoms with Gasteiger partial charge in [-0.2, -0.15) is 0 Å². The summed E-state index contributed by atoms with van der Waals surface area (Å²) in [6.45, 7) is 1.91. The van der Waals surface area contributed by atoms with Crippen LogP contribution in [0.15, 0.2) is 0 Å². The van der Waals surface area contributed by atoms with Gasteiger partial charge >= 0.3 is 9.05 Å². The van der Waals surface area contributed by atoms with E-state index in [1.165, 1.54) is 0 Å². The highest BCUT2D eigenvalue weighted by atomic mass is 28.4. The van der Waals surface area contributed by atoms with Gasteiger partial charge < -0.3 is 34.9 Å². The first kappa shape index (κ1) is 21.9. The lowest BCUT2D eigenvalue weighted by Crippen LogP contribution is -2.54. The summed E-state index contributed by atoms with van der Waals surface area (Å²) in [5, 5.41) is 0. The second-order valence-corrected chi connectivity index (χ2v) is 7.86. The highest BCUT2D eigenvalue weighted by Crippen LogP contribution is 2.34. The van der Waals surface area contributed by atoms with Crippen LogP contribution in [0.3, 0.4) is 0 Å². The molecule has 0 fully saturated rings. The molecule has 0 unspecified atom stereocenters. The van der Waals surface area contributed by atoms with Crippen molar-refractivity contribution in [2.75, 3.05) is 41.0 Å². The molecule has 7 nitrogen and oxygen atoms in total. The van der Waals surface area contributed by atoms with Crippen LogP contribution in [-0.4, -0.2) is 55.6 Å². The highest BCUT2D eigenvalue weighted by Gasteiger charge is 2.49. The monoisotopic (exact) mass is 337 g/mol. The molecule has 0 bridgehead atoms. The van der Waals surface area contributed by atoms with Gasteiger partial charge in [-0.1, -0.05) is 0 Å². The van der Waals surface area contributed by atoms with Crippen molar-refractivity contribution in [1.29, 1.82) is 0 Å². The average Bonchev–Trinajstić information content (AvgIpc) is 2.56. The fraction of sp³-hybridized carbons (Fsp3) is 1.00. The van der Waals surface area contributed by atoms with Crippen LogP contribution >= 0.6 is 0 Å². The Morgan fingerprint density at radius 3 is 1.45 bits per heavy atom. The van der Waals surface area contributed by atoms with E-state index in [-0.39, 0.29) is 5.60 Å². The molecule has 8 heteroatoms. The molecule has 0 saturated heterocycles. The summed E-state index contributed by atoms with van der Waals surface area (Å²) in [4.78, 5) is 0. The maximum Gasteiger partial charge on any atom is 0.679 e. The molecular weight excluding hydrogens is 302 g/mol. The number of rotatable bonds is 15. The van der Waals surface area contributed by atoms with Crippen molar-refractivity contribution in [3.8, 4) is 0 Å². The van der Waals surface area contributed by atoms with Gasteiger partial charge in [0.25, 0.3) is 0 Å². The minimum atomic E-state index is -3.13. The van der Waals surface area contributed by atoms with E-state index >= 15 is 0 Å². The van der Waals surface area contributed by atoms with Crippen LogP contribution in [0.4, 0.5) is 0 Å². The molecule has 22 heavy (non-hydrogen) atoms. The Labute approximate surface area is 136 Å². The van der Waals surface area contributed by atoms with Gasteiger partial charge in [0.05, 0.1) is 5.60 Å². The molecule has 0 aliphatic carbocycles. The van der Waals surface area contributed by atoms with Crippen LogP contribution in [-0.2, 0) is 17.7 Å². The van der Waals surface area contributed by atoms with Crippen molar-refractivity contribution in [3.63, 3.8) is 0 Å². The summed E-state index contributed by atoms with van der Waals surface area (Å²) < 4.78 is 22.7. The molecule has 134 valence electrons. The average molecular weight is 338 g/mol. The van der Waals surface area contributed by atoms with Crippen LogP contribution in [0.2, 0.25) is 0 Å². The van der Waals surface area contributed by atoms with Crippen molar-refractivity contribution in [1.82, 2.24) is 0 Å². The summed E-state index contributed by atoms with van der Waals surface area (Å²) in [5.74, 6) is 0. The van der Waals surface area contributed by atoms with Gasteiger partial charge in [-0.15, -0.1) is 0 Å². The second kappa shape index (κ2) is 12.4. The summed E-state index contributed by atoms with van der Waals surface area (Å²) in [5.41, 5.74) is 16.6. The molecule has 0 heterocycles. The van der Waals surface area contributed by atoms with Crippen molar-refractivity contribution in [2.24, 2.45) is 17.2 Å². The minimum Gasteiger partial charge on any atom is -0.355 e. The molecule has 0 spiro atoms. The van der Waals surface area contributed by atoms with Crippen LogP contribution in [0, 0.1) is 0 Å². The first-order chi connectivity index (χ1) is 10.6. The summed E-state index contributed by atoms with van der Waals surface area (Å²) in [7, 11) is 1.53. The fourth-order valence-electron chi connectivity index (χ4n) is 2.61. The number of nitrogens with two attached hydrogens (primary N) is 3. The van der Waals surface area contributed by atoms with E-state index in [1.807, 2.05) is 0 Å². The van der Waals surface area contributed by atoms with Crippen LogP contribution in [0.1, 0.15) is 44.9 Å². The summed E-state index contributed by atoms with van der Waals surface area (Å²) in [6.07, 6.45) is 6.21. The van der Waals surface area contributed by atoms with Crippen LogP contribution in [0.25, 0.3) is 0 Å². The Bertz CT molecular complexity index is 252. The quantitative estimate of drug-likeness (QED) is 0.298. The van der Waals surface area contributed by atoms with Gasteiger partial charge in [0, 0.05) is 21.3 Å². The zero-order valence-electron chi connectivity index (χ0n) is 14.4. The molecule has 0 saturated carbocycles. The lowest BCUT2D eigenvalue weighted by Gasteiger charge is -2.39. The number of hydrogen-bond acceptors (Lipinski definition) is 7. The first-order valence-electron chi connectivity index (χ1n) is 8.03. The topological polar surface area (TPSA) is 115 Å². The summed E-state index contributed by atoms with van der Waals surface area (Å²) >= 11 is 0. The lowest BCUT2D eigenvalue weighted by atomic mass is 9.87. The smallest absolute Gasteiger partial charge is 0.355 e. The van der Waals surface area contributed by atoms with Gasteiger partial charge in [0.15, 0.2) is 0 Å². The van der Waals surface area contributed by atoms with E-state index in [0.29, 0.717) is 19.6 Å². The van der Waals surface area contributed by atoms with Gasteiger partial charge in [0.1, 0.15) is 0 Å². The van der Waals surface area contributed by atoms with Crippen LogP contribution < -0.4 is 17.2 Å². The zero-order valence-corrected chi connectivity index (χ0v) is 15.4. The predicted octanol–water partition coefficient (Wildman–Crippen LogP) is 0.723. The Kier molecular flexibility index (Phi) is 12.3. The van der Waals surface area contributed by atoms with Crippen molar-refractivity contribution in [2.45, 2.75) is 50.5 Å².